The van der Waals surface area contributed by atoms with Gasteiger partial charge in [0.05, 0.1) is 11.0 Å². The highest BCUT2D eigenvalue weighted by molar-refractivity contribution is 6.39. The number of nitrogens with zero attached hydrogens (tertiary/aromatic N) is 1. The number of nitrogens with one attached hydrogen (secondary N) is 2. The van der Waals surface area contributed by atoms with Crippen molar-refractivity contribution < 1.29 is 9.53 Å². The van der Waals surface area contributed by atoms with Crippen molar-refractivity contribution in [2.75, 3.05) is 5.32 Å². The third-order valence-electron chi connectivity index (χ3n) is 3.35. The molecule has 0 radical (unpaired) electrons. The summed E-state index contributed by atoms with van der Waals surface area (Å²) in [5.41, 5.74) is 2.49. The Bertz CT molecular complexity index is 925. The summed E-state index contributed by atoms with van der Waals surface area (Å²) in [5, 5.41) is 3.73. The SMILES string of the molecule is CC(C)(C)OC(=O)Nc1nc2ccc(-c3c(Cl)cccc3Cl)cc2[nH]1. The van der Waals surface area contributed by atoms with Crippen LogP contribution in [0.25, 0.3) is 22.2 Å². The van der Waals surface area contributed by atoms with Gasteiger partial charge < -0.3 is 9.72 Å². The van der Waals surface area contributed by atoms with Gasteiger partial charge in [0.2, 0.25) is 5.95 Å². The lowest BCUT2D eigenvalue weighted by Crippen LogP contribution is -2.27. The zero-order chi connectivity index (χ0) is 18.2. The number of aromatic nitrogens is 2. The molecule has 0 saturated carbocycles. The van der Waals surface area contributed by atoms with E-state index in [1.807, 2.05) is 18.2 Å². The second-order valence-corrected chi connectivity index (χ2v) is 7.36. The number of halogens is 2. The maximum atomic E-state index is 11.9. The van der Waals surface area contributed by atoms with Gasteiger partial charge in [-0.2, -0.15) is 0 Å². The number of H-pyrrole nitrogens is 1. The minimum atomic E-state index is -0.579. The van der Waals surface area contributed by atoms with E-state index in [-0.39, 0.29) is 0 Å². The van der Waals surface area contributed by atoms with E-state index in [1.165, 1.54) is 0 Å². The van der Waals surface area contributed by atoms with Crippen LogP contribution in [-0.4, -0.2) is 21.7 Å². The molecule has 2 aromatic carbocycles. The van der Waals surface area contributed by atoms with Crippen LogP contribution < -0.4 is 5.32 Å². The Morgan fingerprint density at radius 2 is 1.84 bits per heavy atom. The van der Waals surface area contributed by atoms with Crippen LogP contribution in [0.3, 0.4) is 0 Å². The third kappa shape index (κ3) is 4.06. The Morgan fingerprint density at radius 1 is 1.16 bits per heavy atom. The van der Waals surface area contributed by atoms with E-state index in [1.54, 1.807) is 39.0 Å². The number of fused-ring (bicyclic) bond motifs is 1. The normalized spacial score (nSPS) is 11.6. The van der Waals surface area contributed by atoms with Gasteiger partial charge in [-0.3, -0.25) is 5.32 Å². The van der Waals surface area contributed by atoms with Crippen molar-refractivity contribution >= 4 is 46.3 Å². The molecule has 0 spiro atoms. The van der Waals surface area contributed by atoms with Crippen molar-refractivity contribution in [1.29, 1.82) is 0 Å². The molecule has 2 N–H and O–H groups in total. The summed E-state index contributed by atoms with van der Waals surface area (Å²) in [7, 11) is 0. The van der Waals surface area contributed by atoms with Crippen LogP contribution in [0.15, 0.2) is 36.4 Å². The molecule has 0 bridgehead atoms. The summed E-state index contributed by atoms with van der Waals surface area (Å²) in [6, 6.07) is 11.0. The number of carbonyl (C=O) groups excluding carboxylic acids is 1. The van der Waals surface area contributed by atoms with Crippen molar-refractivity contribution in [2.45, 2.75) is 26.4 Å². The summed E-state index contributed by atoms with van der Waals surface area (Å²) < 4.78 is 5.22. The predicted molar refractivity (Wildman–Crippen MR) is 101 cm³/mol. The number of rotatable bonds is 2. The van der Waals surface area contributed by atoms with Crippen LogP contribution in [0, 0.1) is 0 Å². The number of benzene rings is 2. The summed E-state index contributed by atoms with van der Waals surface area (Å²) in [4.78, 5) is 19.2. The van der Waals surface area contributed by atoms with Gasteiger partial charge in [-0.05, 0) is 50.6 Å². The Balaban J connectivity index is 1.91. The number of anilines is 1. The maximum Gasteiger partial charge on any atom is 0.414 e. The van der Waals surface area contributed by atoms with Crippen molar-refractivity contribution in [2.24, 2.45) is 0 Å². The molecular formula is C18H17Cl2N3O2. The smallest absolute Gasteiger partial charge is 0.414 e. The van der Waals surface area contributed by atoms with Crippen LogP contribution >= 0.6 is 23.2 Å². The molecule has 3 rings (SSSR count). The molecular weight excluding hydrogens is 361 g/mol. The number of carbonyl (C=O) groups is 1. The summed E-state index contributed by atoms with van der Waals surface area (Å²) >= 11 is 12.5. The first-order chi connectivity index (χ1) is 11.7. The fourth-order valence-corrected chi connectivity index (χ4v) is 3.01. The van der Waals surface area contributed by atoms with E-state index in [2.05, 4.69) is 15.3 Å². The number of ether oxygens (including phenoxy) is 1. The molecule has 1 heterocycles. The van der Waals surface area contributed by atoms with Gasteiger partial charge in [0.1, 0.15) is 5.60 Å². The van der Waals surface area contributed by atoms with Gasteiger partial charge in [0, 0.05) is 15.6 Å². The third-order valence-corrected chi connectivity index (χ3v) is 3.98. The minimum absolute atomic E-state index is 0.312. The van der Waals surface area contributed by atoms with Gasteiger partial charge in [0.25, 0.3) is 0 Å². The Hall–Kier alpha value is -2.24. The van der Waals surface area contributed by atoms with E-state index >= 15 is 0 Å². The van der Waals surface area contributed by atoms with Gasteiger partial charge in [-0.1, -0.05) is 35.3 Å². The van der Waals surface area contributed by atoms with Crippen molar-refractivity contribution in [3.8, 4) is 11.1 Å². The zero-order valence-corrected chi connectivity index (χ0v) is 15.5. The molecule has 0 aliphatic rings. The molecule has 7 heteroatoms. The summed E-state index contributed by atoms with van der Waals surface area (Å²) in [6.45, 7) is 5.39. The minimum Gasteiger partial charge on any atom is -0.444 e. The molecule has 0 atom stereocenters. The van der Waals surface area contributed by atoms with Gasteiger partial charge in [-0.25, -0.2) is 9.78 Å². The topological polar surface area (TPSA) is 67.0 Å². The van der Waals surface area contributed by atoms with E-state index < -0.39 is 11.7 Å². The molecule has 25 heavy (non-hydrogen) atoms. The Kier molecular flexibility index (Phi) is 4.62. The van der Waals surface area contributed by atoms with E-state index in [0.717, 1.165) is 16.6 Å². The monoisotopic (exact) mass is 377 g/mol. The highest BCUT2D eigenvalue weighted by Gasteiger charge is 2.17. The molecule has 3 aromatic rings. The van der Waals surface area contributed by atoms with Crippen LogP contribution in [0.1, 0.15) is 20.8 Å². The lowest BCUT2D eigenvalue weighted by Gasteiger charge is -2.18. The average Bonchev–Trinajstić information content (AvgIpc) is 2.86. The Labute approximate surface area is 155 Å². The van der Waals surface area contributed by atoms with Crippen LogP contribution in [0.4, 0.5) is 10.7 Å². The summed E-state index contributed by atoms with van der Waals surface area (Å²) in [6.07, 6.45) is -0.569. The molecule has 0 aliphatic heterocycles. The van der Waals surface area contributed by atoms with E-state index in [4.69, 9.17) is 27.9 Å². The number of hydrogen-bond donors (Lipinski definition) is 2. The fourth-order valence-electron chi connectivity index (χ4n) is 2.40. The Morgan fingerprint density at radius 3 is 2.48 bits per heavy atom. The first-order valence-corrected chi connectivity index (χ1v) is 8.43. The number of hydrogen-bond acceptors (Lipinski definition) is 3. The highest BCUT2D eigenvalue weighted by Crippen LogP contribution is 2.35. The molecule has 0 saturated heterocycles. The standard InChI is InChI=1S/C18H17Cl2N3O2/c1-18(2,3)25-17(24)23-16-21-13-8-7-10(9-14(13)22-16)15-11(19)5-4-6-12(15)20/h4-9H,1-3H3,(H2,21,22,23,24). The lowest BCUT2D eigenvalue weighted by molar-refractivity contribution is 0.0635. The van der Waals surface area contributed by atoms with Gasteiger partial charge >= 0.3 is 6.09 Å². The maximum absolute atomic E-state index is 11.9. The van der Waals surface area contributed by atoms with Crippen LogP contribution in [0.5, 0.6) is 0 Å². The second kappa shape index (κ2) is 6.58. The van der Waals surface area contributed by atoms with Crippen molar-refractivity contribution in [3.05, 3.63) is 46.4 Å². The molecule has 0 unspecified atom stereocenters. The molecule has 0 fully saturated rings. The lowest BCUT2D eigenvalue weighted by atomic mass is 10.1. The first-order valence-electron chi connectivity index (χ1n) is 7.67. The fraction of sp³-hybridized carbons (Fsp3) is 0.222. The first kappa shape index (κ1) is 17.6. The predicted octanol–water partition coefficient (Wildman–Crippen LogP) is 5.88. The number of aromatic amines is 1. The number of amides is 1. The van der Waals surface area contributed by atoms with Crippen molar-refractivity contribution in [1.82, 2.24) is 9.97 Å². The van der Waals surface area contributed by atoms with E-state index in [0.29, 0.717) is 21.5 Å². The van der Waals surface area contributed by atoms with E-state index in [9.17, 15) is 4.79 Å². The molecule has 1 amide bonds. The average molecular weight is 378 g/mol. The van der Waals surface area contributed by atoms with Gasteiger partial charge in [-0.15, -0.1) is 0 Å². The molecule has 1 aromatic heterocycles. The molecule has 0 aliphatic carbocycles. The second-order valence-electron chi connectivity index (χ2n) is 6.54. The van der Waals surface area contributed by atoms with Crippen LogP contribution in [-0.2, 0) is 4.74 Å². The largest absolute Gasteiger partial charge is 0.444 e. The number of imidazole rings is 1. The highest BCUT2D eigenvalue weighted by atomic mass is 35.5. The zero-order valence-electron chi connectivity index (χ0n) is 14.0. The quantitative estimate of drug-likeness (QED) is 0.585. The van der Waals surface area contributed by atoms with Crippen molar-refractivity contribution in [3.63, 3.8) is 0 Å². The molecule has 130 valence electrons. The summed E-state index contributed by atoms with van der Waals surface area (Å²) in [5.74, 6) is 0.312. The molecule has 5 nitrogen and oxygen atoms in total. The van der Waals surface area contributed by atoms with Gasteiger partial charge in [0.15, 0.2) is 0 Å². The van der Waals surface area contributed by atoms with Crippen LogP contribution in [0.2, 0.25) is 10.0 Å².